The Morgan fingerprint density at radius 1 is 1.14 bits per heavy atom. The van der Waals surface area contributed by atoms with Crippen molar-refractivity contribution in [2.45, 2.75) is 13.8 Å². The van der Waals surface area contributed by atoms with Crippen LogP contribution in [-0.2, 0) is 0 Å². The van der Waals surface area contributed by atoms with Gasteiger partial charge in [-0.05, 0) is 31.2 Å². The summed E-state index contributed by atoms with van der Waals surface area (Å²) in [4.78, 5) is 30.3. The highest BCUT2D eigenvalue weighted by Crippen LogP contribution is 2.27. The second-order valence-electron chi connectivity index (χ2n) is 6.59. The van der Waals surface area contributed by atoms with Crippen molar-refractivity contribution in [1.82, 2.24) is 4.98 Å². The van der Waals surface area contributed by atoms with Gasteiger partial charge in [0.15, 0.2) is 11.5 Å². The van der Waals surface area contributed by atoms with E-state index in [4.69, 9.17) is 4.42 Å². The number of para-hydroxylation sites is 2. The van der Waals surface area contributed by atoms with Crippen LogP contribution in [0.25, 0.3) is 22.0 Å². The highest BCUT2D eigenvalue weighted by Gasteiger charge is 2.26. The first kappa shape index (κ1) is 17.7. The van der Waals surface area contributed by atoms with E-state index in [0.29, 0.717) is 38.2 Å². The first-order valence-corrected chi connectivity index (χ1v) is 8.68. The van der Waals surface area contributed by atoms with Crippen LogP contribution in [0.2, 0.25) is 0 Å². The van der Waals surface area contributed by atoms with Gasteiger partial charge in [0.1, 0.15) is 11.1 Å². The molecule has 0 unspecified atom stereocenters. The van der Waals surface area contributed by atoms with Crippen molar-refractivity contribution >= 4 is 39.6 Å². The van der Waals surface area contributed by atoms with Crippen molar-refractivity contribution in [2.75, 3.05) is 11.9 Å². The van der Waals surface area contributed by atoms with Gasteiger partial charge in [0.2, 0.25) is 17.1 Å². The predicted octanol–water partition coefficient (Wildman–Crippen LogP) is 3.40. The third kappa shape index (κ3) is 2.77. The minimum atomic E-state index is -0.460. The molecular weight excluding hydrogens is 358 g/mol. The second kappa shape index (κ2) is 6.45. The molecule has 2 aromatic heterocycles. The van der Waals surface area contributed by atoms with Crippen LogP contribution in [-0.4, -0.2) is 23.7 Å². The first-order valence-electron chi connectivity index (χ1n) is 8.68. The second-order valence-corrected chi connectivity index (χ2v) is 6.59. The standard InChI is InChI=1S/C21H17N3O4/c1-12-20(22-16-6-4-5-7-17(16)24(12)27)21(26)23(3)19-11-15-10-14(13(2)25)8-9-18(15)28-19/h4-11H,1-3H3. The number of Topliss-reactive ketones (excluding diaryl/α,β-unsaturated/α-hetero) is 1. The summed E-state index contributed by atoms with van der Waals surface area (Å²) in [5.41, 5.74) is 2.23. The van der Waals surface area contributed by atoms with Crippen LogP contribution >= 0.6 is 0 Å². The molecule has 2 heterocycles. The molecule has 7 heteroatoms. The Morgan fingerprint density at radius 2 is 1.89 bits per heavy atom. The number of nitrogens with zero attached hydrogens (tertiary/aromatic N) is 3. The first-order chi connectivity index (χ1) is 13.4. The number of rotatable bonds is 3. The molecule has 0 aliphatic rings. The Bertz CT molecular complexity index is 1260. The third-order valence-corrected chi connectivity index (χ3v) is 4.73. The Labute approximate surface area is 160 Å². The average molecular weight is 375 g/mol. The van der Waals surface area contributed by atoms with Crippen molar-refractivity contribution < 1.29 is 18.7 Å². The van der Waals surface area contributed by atoms with E-state index in [1.165, 1.54) is 11.8 Å². The van der Waals surface area contributed by atoms with E-state index in [-0.39, 0.29) is 17.2 Å². The summed E-state index contributed by atoms with van der Waals surface area (Å²) in [6, 6.07) is 13.6. The fourth-order valence-electron chi connectivity index (χ4n) is 3.08. The summed E-state index contributed by atoms with van der Waals surface area (Å²) in [6.07, 6.45) is 0. The molecule has 7 nitrogen and oxygen atoms in total. The zero-order valence-electron chi connectivity index (χ0n) is 15.6. The molecule has 0 radical (unpaired) electrons. The molecular formula is C21H17N3O4. The van der Waals surface area contributed by atoms with Gasteiger partial charge in [0, 0.05) is 37.1 Å². The molecule has 0 spiro atoms. The number of amides is 1. The van der Waals surface area contributed by atoms with Crippen molar-refractivity contribution in [3.05, 3.63) is 70.7 Å². The Morgan fingerprint density at radius 3 is 2.64 bits per heavy atom. The van der Waals surface area contributed by atoms with Gasteiger partial charge in [-0.25, -0.2) is 4.98 Å². The zero-order chi connectivity index (χ0) is 20.0. The Hall–Kier alpha value is -3.74. The van der Waals surface area contributed by atoms with E-state index in [0.717, 1.165) is 0 Å². The van der Waals surface area contributed by atoms with Crippen molar-refractivity contribution in [2.24, 2.45) is 0 Å². The van der Waals surface area contributed by atoms with Gasteiger partial charge in [-0.2, -0.15) is 4.73 Å². The molecule has 0 N–H and O–H groups in total. The van der Waals surface area contributed by atoms with Crippen LogP contribution < -0.4 is 9.63 Å². The summed E-state index contributed by atoms with van der Waals surface area (Å²) < 4.78 is 6.46. The maximum atomic E-state index is 13.0. The SMILES string of the molecule is CC(=O)c1ccc2oc(N(C)C(=O)c3nc4ccccc4[n+]([O-])c3C)cc2c1. The predicted molar refractivity (Wildman–Crippen MR) is 104 cm³/mol. The fourth-order valence-corrected chi connectivity index (χ4v) is 3.08. The molecule has 0 aliphatic heterocycles. The fraction of sp³-hybridized carbons (Fsp3) is 0.143. The molecule has 0 aliphatic carbocycles. The molecule has 0 saturated carbocycles. The Kier molecular flexibility index (Phi) is 4.07. The van der Waals surface area contributed by atoms with E-state index in [1.807, 2.05) is 0 Å². The number of carbonyl (C=O) groups is 2. The zero-order valence-corrected chi connectivity index (χ0v) is 15.6. The third-order valence-electron chi connectivity index (χ3n) is 4.73. The van der Waals surface area contributed by atoms with Gasteiger partial charge >= 0.3 is 0 Å². The largest absolute Gasteiger partial charge is 0.618 e. The number of ketones is 1. The minimum absolute atomic E-state index is 0.0509. The molecule has 2 aromatic carbocycles. The number of hydrogen-bond acceptors (Lipinski definition) is 5. The summed E-state index contributed by atoms with van der Waals surface area (Å²) in [5.74, 6) is -0.212. The topological polar surface area (TPSA) is 90.4 Å². The average Bonchev–Trinajstić information content (AvgIpc) is 3.12. The lowest BCUT2D eigenvalue weighted by Crippen LogP contribution is -2.37. The van der Waals surface area contributed by atoms with Crippen LogP contribution in [0.5, 0.6) is 0 Å². The minimum Gasteiger partial charge on any atom is -0.618 e. The van der Waals surface area contributed by atoms with Gasteiger partial charge in [-0.1, -0.05) is 12.1 Å². The monoisotopic (exact) mass is 375 g/mol. The van der Waals surface area contributed by atoms with Gasteiger partial charge < -0.3 is 9.62 Å². The number of anilines is 1. The molecule has 1 amide bonds. The highest BCUT2D eigenvalue weighted by molar-refractivity contribution is 6.06. The number of aromatic nitrogens is 2. The van der Waals surface area contributed by atoms with Crippen LogP contribution in [0, 0.1) is 12.1 Å². The number of fused-ring (bicyclic) bond motifs is 2. The number of furan rings is 1. The molecule has 0 atom stereocenters. The molecule has 0 saturated heterocycles. The van der Waals surface area contributed by atoms with Crippen molar-refractivity contribution in [1.29, 1.82) is 0 Å². The normalized spacial score (nSPS) is 11.1. The van der Waals surface area contributed by atoms with E-state index >= 15 is 0 Å². The van der Waals surface area contributed by atoms with Gasteiger partial charge in [-0.15, -0.1) is 0 Å². The number of benzene rings is 2. The van der Waals surface area contributed by atoms with Crippen LogP contribution in [0.3, 0.4) is 0 Å². The summed E-state index contributed by atoms with van der Waals surface area (Å²) in [7, 11) is 1.55. The van der Waals surface area contributed by atoms with Crippen LogP contribution in [0.15, 0.2) is 52.9 Å². The summed E-state index contributed by atoms with van der Waals surface area (Å²) >= 11 is 0. The maximum Gasteiger partial charge on any atom is 0.285 e. The van der Waals surface area contributed by atoms with E-state index in [9.17, 15) is 14.8 Å². The lowest BCUT2D eigenvalue weighted by atomic mass is 10.1. The van der Waals surface area contributed by atoms with Crippen LogP contribution in [0.1, 0.15) is 33.5 Å². The van der Waals surface area contributed by atoms with Gasteiger partial charge in [0.25, 0.3) is 5.91 Å². The number of hydrogen-bond donors (Lipinski definition) is 0. The lowest BCUT2D eigenvalue weighted by molar-refractivity contribution is -0.584. The lowest BCUT2D eigenvalue weighted by Gasteiger charge is -2.15. The van der Waals surface area contributed by atoms with E-state index < -0.39 is 5.91 Å². The van der Waals surface area contributed by atoms with Crippen LogP contribution in [0.4, 0.5) is 5.88 Å². The quantitative estimate of drug-likeness (QED) is 0.311. The molecule has 0 fully saturated rings. The highest BCUT2D eigenvalue weighted by atomic mass is 16.5. The van der Waals surface area contributed by atoms with Crippen molar-refractivity contribution in [3.63, 3.8) is 0 Å². The Balaban J connectivity index is 1.76. The van der Waals surface area contributed by atoms with Crippen molar-refractivity contribution in [3.8, 4) is 0 Å². The number of carbonyl (C=O) groups excluding carboxylic acids is 2. The summed E-state index contributed by atoms with van der Waals surface area (Å²) in [6.45, 7) is 3.05. The molecule has 28 heavy (non-hydrogen) atoms. The molecule has 0 bridgehead atoms. The molecule has 4 aromatic rings. The van der Waals surface area contributed by atoms with E-state index in [1.54, 1.807) is 62.5 Å². The van der Waals surface area contributed by atoms with Gasteiger partial charge in [0.05, 0.1) is 0 Å². The smallest absolute Gasteiger partial charge is 0.285 e. The van der Waals surface area contributed by atoms with Gasteiger partial charge in [-0.3, -0.25) is 14.5 Å². The maximum absolute atomic E-state index is 13.0. The molecule has 140 valence electrons. The molecule has 4 rings (SSSR count). The van der Waals surface area contributed by atoms with E-state index in [2.05, 4.69) is 4.98 Å². The summed E-state index contributed by atoms with van der Waals surface area (Å²) in [5, 5.41) is 13.2.